The fourth-order valence-electron chi connectivity index (χ4n) is 2.55. The molecule has 118 valence electrons. The van der Waals surface area contributed by atoms with Gasteiger partial charge in [-0.1, -0.05) is 30.3 Å². The van der Waals surface area contributed by atoms with Gasteiger partial charge < -0.3 is 9.47 Å². The third-order valence-corrected chi connectivity index (χ3v) is 3.82. The van der Waals surface area contributed by atoms with Crippen molar-refractivity contribution in [3.63, 3.8) is 0 Å². The molecular formula is C19H19NO3. The summed E-state index contributed by atoms with van der Waals surface area (Å²) in [6, 6.07) is 17.3. The Bertz CT molecular complexity index is 707. The van der Waals surface area contributed by atoms with Gasteiger partial charge in [-0.25, -0.2) is 0 Å². The summed E-state index contributed by atoms with van der Waals surface area (Å²) in [6.45, 7) is 2.26. The molecule has 0 aliphatic carbocycles. The van der Waals surface area contributed by atoms with Gasteiger partial charge in [0, 0.05) is 11.3 Å². The normalized spacial score (nSPS) is 17.3. The van der Waals surface area contributed by atoms with Crippen LogP contribution in [0.5, 0.6) is 5.75 Å². The summed E-state index contributed by atoms with van der Waals surface area (Å²) in [5, 5.41) is 0. The third kappa shape index (κ3) is 3.27. The monoisotopic (exact) mass is 309 g/mol. The SMILES string of the molecule is COc1ccc(N2C(=O)C(C)=CC2OCc2ccccc2)cc1. The van der Waals surface area contributed by atoms with Gasteiger partial charge >= 0.3 is 0 Å². The van der Waals surface area contributed by atoms with Crippen molar-refractivity contribution in [3.8, 4) is 5.75 Å². The zero-order valence-corrected chi connectivity index (χ0v) is 13.2. The molecule has 1 unspecified atom stereocenters. The number of ether oxygens (including phenoxy) is 2. The number of rotatable bonds is 5. The average molecular weight is 309 g/mol. The molecule has 2 aromatic rings. The van der Waals surface area contributed by atoms with E-state index in [1.807, 2.05) is 67.6 Å². The average Bonchev–Trinajstić information content (AvgIpc) is 2.88. The number of nitrogens with zero attached hydrogens (tertiary/aromatic N) is 1. The van der Waals surface area contributed by atoms with Gasteiger partial charge in [-0.3, -0.25) is 9.69 Å². The van der Waals surface area contributed by atoms with Crippen molar-refractivity contribution in [3.05, 3.63) is 71.8 Å². The molecule has 0 N–H and O–H groups in total. The summed E-state index contributed by atoms with van der Waals surface area (Å²) in [6.07, 6.45) is 1.46. The van der Waals surface area contributed by atoms with Gasteiger partial charge in [0.2, 0.25) is 0 Å². The smallest absolute Gasteiger partial charge is 0.256 e. The maximum Gasteiger partial charge on any atom is 0.256 e. The van der Waals surface area contributed by atoms with E-state index in [0.29, 0.717) is 12.2 Å². The highest BCUT2D eigenvalue weighted by Crippen LogP contribution is 2.28. The molecule has 1 aliphatic heterocycles. The van der Waals surface area contributed by atoms with Crippen molar-refractivity contribution in [1.82, 2.24) is 0 Å². The van der Waals surface area contributed by atoms with E-state index < -0.39 is 6.23 Å². The molecule has 1 aliphatic rings. The number of carbonyl (C=O) groups excluding carboxylic acids is 1. The fourth-order valence-corrected chi connectivity index (χ4v) is 2.55. The fraction of sp³-hybridized carbons (Fsp3) is 0.211. The van der Waals surface area contributed by atoms with E-state index in [0.717, 1.165) is 17.0 Å². The first-order valence-electron chi connectivity index (χ1n) is 7.50. The number of hydrogen-bond acceptors (Lipinski definition) is 3. The molecule has 23 heavy (non-hydrogen) atoms. The largest absolute Gasteiger partial charge is 0.497 e. The van der Waals surface area contributed by atoms with E-state index in [1.165, 1.54) is 0 Å². The Kier molecular flexibility index (Phi) is 4.44. The Morgan fingerprint density at radius 1 is 1.04 bits per heavy atom. The second-order valence-electron chi connectivity index (χ2n) is 5.41. The van der Waals surface area contributed by atoms with Crippen molar-refractivity contribution in [2.24, 2.45) is 0 Å². The van der Waals surface area contributed by atoms with Crippen molar-refractivity contribution >= 4 is 11.6 Å². The van der Waals surface area contributed by atoms with Crippen LogP contribution < -0.4 is 9.64 Å². The van der Waals surface area contributed by atoms with E-state index in [9.17, 15) is 4.79 Å². The summed E-state index contributed by atoms with van der Waals surface area (Å²) in [7, 11) is 1.62. The van der Waals surface area contributed by atoms with Crippen LogP contribution in [0.25, 0.3) is 0 Å². The van der Waals surface area contributed by atoms with Crippen LogP contribution in [0, 0.1) is 0 Å². The topological polar surface area (TPSA) is 38.8 Å². The molecule has 0 radical (unpaired) electrons. The second kappa shape index (κ2) is 6.67. The minimum atomic E-state index is -0.392. The Morgan fingerprint density at radius 3 is 2.39 bits per heavy atom. The number of benzene rings is 2. The highest BCUT2D eigenvalue weighted by atomic mass is 16.5. The molecule has 0 bridgehead atoms. The lowest BCUT2D eigenvalue weighted by Crippen LogP contribution is -2.36. The van der Waals surface area contributed by atoms with Gasteiger partial charge in [-0.2, -0.15) is 0 Å². The van der Waals surface area contributed by atoms with Gasteiger partial charge in [0.25, 0.3) is 5.91 Å². The van der Waals surface area contributed by atoms with Crippen molar-refractivity contribution in [2.45, 2.75) is 19.8 Å². The summed E-state index contributed by atoms with van der Waals surface area (Å²) in [5.41, 5.74) is 2.56. The summed E-state index contributed by atoms with van der Waals surface area (Å²) >= 11 is 0. The zero-order chi connectivity index (χ0) is 16.2. The van der Waals surface area contributed by atoms with E-state index in [4.69, 9.17) is 9.47 Å². The van der Waals surface area contributed by atoms with E-state index in [2.05, 4.69) is 0 Å². The van der Waals surface area contributed by atoms with E-state index in [-0.39, 0.29) is 5.91 Å². The van der Waals surface area contributed by atoms with Gasteiger partial charge in [0.05, 0.1) is 13.7 Å². The number of carbonyl (C=O) groups is 1. The molecule has 0 saturated heterocycles. The predicted molar refractivity (Wildman–Crippen MR) is 89.3 cm³/mol. The summed E-state index contributed by atoms with van der Waals surface area (Å²) < 4.78 is 11.1. The molecule has 1 heterocycles. The van der Waals surface area contributed by atoms with Crippen molar-refractivity contribution < 1.29 is 14.3 Å². The molecule has 0 aromatic heterocycles. The lowest BCUT2D eigenvalue weighted by atomic mass is 10.2. The molecule has 0 fully saturated rings. The van der Waals surface area contributed by atoms with Crippen LogP contribution >= 0.6 is 0 Å². The number of methoxy groups -OCH3 is 1. The minimum Gasteiger partial charge on any atom is -0.497 e. The van der Waals surface area contributed by atoms with Gasteiger partial charge in [-0.15, -0.1) is 0 Å². The van der Waals surface area contributed by atoms with E-state index >= 15 is 0 Å². The number of hydrogen-bond donors (Lipinski definition) is 0. The maximum atomic E-state index is 12.4. The minimum absolute atomic E-state index is 0.0340. The van der Waals surface area contributed by atoms with E-state index in [1.54, 1.807) is 12.0 Å². The van der Waals surface area contributed by atoms with Crippen LogP contribution in [-0.4, -0.2) is 19.2 Å². The van der Waals surface area contributed by atoms with Crippen LogP contribution in [0.1, 0.15) is 12.5 Å². The van der Waals surface area contributed by atoms with Gasteiger partial charge in [0.15, 0.2) is 6.23 Å². The molecule has 0 saturated carbocycles. The first kappa shape index (κ1) is 15.3. The van der Waals surface area contributed by atoms with Crippen LogP contribution in [0.2, 0.25) is 0 Å². The molecular weight excluding hydrogens is 290 g/mol. The molecule has 2 aromatic carbocycles. The maximum absolute atomic E-state index is 12.4. The van der Waals surface area contributed by atoms with Crippen LogP contribution in [-0.2, 0) is 16.1 Å². The molecule has 1 amide bonds. The lowest BCUT2D eigenvalue weighted by molar-refractivity contribution is -0.116. The predicted octanol–water partition coefficient (Wildman–Crippen LogP) is 3.53. The quantitative estimate of drug-likeness (QED) is 0.848. The Hall–Kier alpha value is -2.59. The van der Waals surface area contributed by atoms with Crippen LogP contribution in [0.3, 0.4) is 0 Å². The van der Waals surface area contributed by atoms with Crippen molar-refractivity contribution in [1.29, 1.82) is 0 Å². The third-order valence-electron chi connectivity index (χ3n) is 3.82. The zero-order valence-electron chi connectivity index (χ0n) is 13.2. The molecule has 4 nitrogen and oxygen atoms in total. The van der Waals surface area contributed by atoms with Gasteiger partial charge in [-0.05, 0) is 42.8 Å². The number of amides is 1. The van der Waals surface area contributed by atoms with Crippen LogP contribution in [0.15, 0.2) is 66.2 Å². The standard InChI is InChI=1S/C19H19NO3/c1-14-12-18(23-13-15-6-4-3-5-7-15)20(19(14)21)16-8-10-17(22-2)11-9-16/h3-12,18H,13H2,1-2H3. The number of anilines is 1. The molecule has 3 rings (SSSR count). The first-order chi connectivity index (χ1) is 11.2. The second-order valence-corrected chi connectivity index (χ2v) is 5.41. The van der Waals surface area contributed by atoms with Crippen LogP contribution in [0.4, 0.5) is 5.69 Å². The summed E-state index contributed by atoms with van der Waals surface area (Å²) in [4.78, 5) is 14.1. The Labute approximate surface area is 135 Å². The molecule has 0 spiro atoms. The highest BCUT2D eigenvalue weighted by Gasteiger charge is 2.32. The molecule has 1 atom stereocenters. The lowest BCUT2D eigenvalue weighted by Gasteiger charge is -2.25. The Balaban J connectivity index is 1.77. The van der Waals surface area contributed by atoms with Crippen molar-refractivity contribution in [2.75, 3.05) is 12.0 Å². The summed E-state index contributed by atoms with van der Waals surface area (Å²) in [5.74, 6) is 0.722. The Morgan fingerprint density at radius 2 is 1.74 bits per heavy atom. The van der Waals surface area contributed by atoms with Gasteiger partial charge in [0.1, 0.15) is 5.75 Å². The molecule has 4 heteroatoms. The highest BCUT2D eigenvalue weighted by molar-refractivity contribution is 6.08. The first-order valence-corrected chi connectivity index (χ1v) is 7.50.